The molecule has 0 bridgehead atoms. The van der Waals surface area contributed by atoms with Crippen LogP contribution in [0.15, 0.2) is 115 Å². The fraction of sp³-hybridized carbons (Fsp3) is 0. The Morgan fingerprint density at radius 3 is 1.38 bits per heavy atom. The van der Waals surface area contributed by atoms with E-state index < -0.39 is 6.04 Å². The average Bonchev–Trinajstić information content (AvgIpc) is 2.89. The standard InChI is InChI=1S/C30H19O2PS/c34-33-26-18-7-14-22(20-10-3-1-4-11-20)28(26)31-24-16-9-17-25(30(24)33)32-29-23(15-8-19-27(29)33)21-12-5-2-6-13-21/h1-19H. The lowest BCUT2D eigenvalue weighted by Gasteiger charge is -2.38. The van der Waals surface area contributed by atoms with Gasteiger partial charge in [0.1, 0.15) is 23.0 Å². The highest BCUT2D eigenvalue weighted by Crippen LogP contribution is 2.60. The largest absolute Gasteiger partial charge is 0.455 e. The van der Waals surface area contributed by atoms with Crippen LogP contribution in [0.3, 0.4) is 0 Å². The second kappa shape index (κ2) is 7.43. The van der Waals surface area contributed by atoms with E-state index in [9.17, 15) is 0 Å². The number of hydrogen-bond acceptors (Lipinski definition) is 3. The summed E-state index contributed by atoms with van der Waals surface area (Å²) in [5.74, 6) is 3.32. The van der Waals surface area contributed by atoms with Gasteiger partial charge in [-0.25, -0.2) is 0 Å². The Morgan fingerprint density at radius 1 is 0.471 bits per heavy atom. The van der Waals surface area contributed by atoms with Crippen molar-refractivity contribution in [1.82, 2.24) is 0 Å². The van der Waals surface area contributed by atoms with Crippen LogP contribution < -0.4 is 25.4 Å². The highest BCUT2D eigenvalue weighted by Gasteiger charge is 2.43. The third-order valence-corrected chi connectivity index (χ3v) is 11.4. The first-order valence-corrected chi connectivity index (χ1v) is 14.0. The van der Waals surface area contributed by atoms with E-state index >= 15 is 0 Å². The third kappa shape index (κ3) is 2.72. The molecule has 2 nitrogen and oxygen atoms in total. The molecule has 0 unspecified atom stereocenters. The highest BCUT2D eigenvalue weighted by molar-refractivity contribution is 8.26. The molecule has 0 saturated carbocycles. The minimum absolute atomic E-state index is 0.799. The van der Waals surface area contributed by atoms with Crippen LogP contribution in [-0.2, 0) is 11.8 Å². The van der Waals surface area contributed by atoms with Crippen molar-refractivity contribution in [3.8, 4) is 45.3 Å². The smallest absolute Gasteiger partial charge is 0.144 e. The number of fused-ring (bicyclic) bond motifs is 4. The maximum atomic E-state index is 6.73. The minimum Gasteiger partial charge on any atom is -0.455 e. The maximum absolute atomic E-state index is 6.73. The topological polar surface area (TPSA) is 18.5 Å². The molecule has 0 N–H and O–H groups in total. The van der Waals surface area contributed by atoms with E-state index in [0.29, 0.717) is 0 Å². The molecule has 7 rings (SSSR count). The second-order valence-corrected chi connectivity index (χ2v) is 12.7. The second-order valence-electron chi connectivity index (χ2n) is 8.46. The summed E-state index contributed by atoms with van der Waals surface area (Å²) in [6.45, 7) is 0. The Kier molecular flexibility index (Phi) is 4.32. The molecule has 34 heavy (non-hydrogen) atoms. The van der Waals surface area contributed by atoms with Crippen molar-refractivity contribution in [3.05, 3.63) is 115 Å². The van der Waals surface area contributed by atoms with Gasteiger partial charge in [-0.3, -0.25) is 0 Å². The molecule has 2 heterocycles. The third-order valence-electron chi connectivity index (χ3n) is 6.54. The fourth-order valence-electron chi connectivity index (χ4n) is 5.02. The van der Waals surface area contributed by atoms with E-state index in [1.807, 2.05) is 30.3 Å². The number of ether oxygens (including phenoxy) is 2. The summed E-state index contributed by atoms with van der Waals surface area (Å²) in [6, 6.07) is 37.1. The first-order valence-electron chi connectivity index (χ1n) is 11.2. The van der Waals surface area contributed by atoms with Gasteiger partial charge in [0.15, 0.2) is 0 Å². The zero-order valence-electron chi connectivity index (χ0n) is 18.1. The Labute approximate surface area is 203 Å². The molecular weight excluding hydrogens is 455 g/mol. The van der Waals surface area contributed by atoms with E-state index in [4.69, 9.17) is 21.3 Å². The van der Waals surface area contributed by atoms with E-state index in [1.54, 1.807) is 0 Å². The molecule has 2 aliphatic rings. The molecule has 5 aromatic rings. The SMILES string of the molecule is S=P12c3cccc(-c4ccccc4)c3Oc3cccc(c31)Oc1c(-c3ccccc3)cccc12. The van der Waals surface area contributed by atoms with Gasteiger partial charge in [0.25, 0.3) is 0 Å². The van der Waals surface area contributed by atoms with E-state index in [-0.39, 0.29) is 0 Å². The molecule has 0 aromatic heterocycles. The summed E-state index contributed by atoms with van der Waals surface area (Å²) in [5.41, 5.74) is 4.36. The van der Waals surface area contributed by atoms with Crippen molar-refractivity contribution in [2.75, 3.05) is 0 Å². The van der Waals surface area contributed by atoms with E-state index in [0.717, 1.165) is 61.2 Å². The molecule has 0 aliphatic carbocycles. The number of benzene rings is 5. The Bertz CT molecular complexity index is 1510. The van der Waals surface area contributed by atoms with Crippen molar-refractivity contribution < 1.29 is 9.47 Å². The average molecular weight is 475 g/mol. The van der Waals surface area contributed by atoms with Gasteiger partial charge in [0.05, 0.1) is 11.3 Å². The summed E-state index contributed by atoms with van der Waals surface area (Å²) < 4.78 is 13.2. The highest BCUT2D eigenvalue weighted by atomic mass is 32.4. The van der Waals surface area contributed by atoms with Crippen molar-refractivity contribution in [2.24, 2.45) is 0 Å². The lowest BCUT2D eigenvalue weighted by molar-refractivity contribution is 0.468. The van der Waals surface area contributed by atoms with Crippen molar-refractivity contribution in [1.29, 1.82) is 0 Å². The number of hydrogen-bond donors (Lipinski definition) is 0. The fourth-order valence-corrected chi connectivity index (χ4v) is 9.52. The number of para-hydroxylation sites is 2. The monoisotopic (exact) mass is 474 g/mol. The molecule has 0 amide bonds. The van der Waals surface area contributed by atoms with Gasteiger partial charge in [-0.05, 0) is 35.4 Å². The molecule has 0 radical (unpaired) electrons. The Morgan fingerprint density at radius 2 is 0.912 bits per heavy atom. The van der Waals surface area contributed by atoms with Crippen LogP contribution >= 0.6 is 6.04 Å². The normalized spacial score (nSPS) is 14.1. The molecule has 4 heteroatoms. The van der Waals surface area contributed by atoms with Crippen molar-refractivity contribution in [3.63, 3.8) is 0 Å². The number of rotatable bonds is 2. The van der Waals surface area contributed by atoms with Gasteiger partial charge in [-0.1, -0.05) is 103 Å². The van der Waals surface area contributed by atoms with Crippen LogP contribution in [0, 0.1) is 0 Å². The summed E-state index contributed by atoms with van der Waals surface area (Å²) in [6.07, 6.45) is 0. The summed E-state index contributed by atoms with van der Waals surface area (Å²) in [7, 11) is 0. The summed E-state index contributed by atoms with van der Waals surface area (Å²) >= 11 is 6.73. The molecule has 0 saturated heterocycles. The van der Waals surface area contributed by atoms with E-state index in [1.165, 1.54) is 0 Å². The van der Waals surface area contributed by atoms with Crippen LogP contribution in [0.2, 0.25) is 0 Å². The van der Waals surface area contributed by atoms with Gasteiger partial charge in [0.2, 0.25) is 0 Å². The molecule has 5 aromatic carbocycles. The summed E-state index contributed by atoms with van der Waals surface area (Å²) in [5, 5.41) is 3.18. The lowest BCUT2D eigenvalue weighted by Crippen LogP contribution is -2.35. The predicted molar refractivity (Wildman–Crippen MR) is 144 cm³/mol. The molecule has 0 fully saturated rings. The molecule has 162 valence electrons. The predicted octanol–water partition coefficient (Wildman–Crippen LogP) is 6.99. The van der Waals surface area contributed by atoms with Gasteiger partial charge < -0.3 is 9.47 Å². The molecule has 0 spiro atoms. The summed E-state index contributed by atoms with van der Waals surface area (Å²) in [4.78, 5) is 0. The van der Waals surface area contributed by atoms with Crippen LogP contribution in [0.1, 0.15) is 0 Å². The van der Waals surface area contributed by atoms with Crippen LogP contribution in [0.25, 0.3) is 22.3 Å². The van der Waals surface area contributed by atoms with Gasteiger partial charge >= 0.3 is 0 Å². The zero-order valence-corrected chi connectivity index (χ0v) is 19.9. The van der Waals surface area contributed by atoms with Crippen LogP contribution in [0.4, 0.5) is 0 Å². The molecular formula is C30H19O2PS. The van der Waals surface area contributed by atoms with Gasteiger partial charge in [-0.2, -0.15) is 0 Å². The van der Waals surface area contributed by atoms with Gasteiger partial charge in [0, 0.05) is 21.7 Å². The molecule has 2 aliphatic heterocycles. The Balaban J connectivity index is 1.56. The minimum atomic E-state index is -2.43. The van der Waals surface area contributed by atoms with Crippen LogP contribution in [-0.4, -0.2) is 0 Å². The van der Waals surface area contributed by atoms with Crippen molar-refractivity contribution >= 4 is 33.8 Å². The van der Waals surface area contributed by atoms with Crippen LogP contribution in [0.5, 0.6) is 23.0 Å². The quantitative estimate of drug-likeness (QED) is 0.252. The lowest BCUT2D eigenvalue weighted by atomic mass is 10.0. The Hall–Kier alpha value is -3.65. The van der Waals surface area contributed by atoms with E-state index in [2.05, 4.69) is 84.9 Å². The first-order chi connectivity index (χ1) is 16.7. The first kappa shape index (κ1) is 19.8. The molecule has 0 atom stereocenters. The van der Waals surface area contributed by atoms with Gasteiger partial charge in [-0.15, -0.1) is 0 Å². The van der Waals surface area contributed by atoms with Crippen molar-refractivity contribution in [2.45, 2.75) is 0 Å². The maximum Gasteiger partial charge on any atom is 0.144 e. The zero-order chi connectivity index (χ0) is 22.7.